The van der Waals surface area contributed by atoms with Gasteiger partial charge in [0.1, 0.15) is 0 Å². The molecule has 0 aromatic carbocycles. The van der Waals surface area contributed by atoms with E-state index in [1.54, 1.807) is 12.4 Å². The third-order valence-corrected chi connectivity index (χ3v) is 1.78. The first-order valence-corrected chi connectivity index (χ1v) is 3.64. The highest BCUT2D eigenvalue weighted by molar-refractivity contribution is 7.03. The molecule has 0 fully saturated rings. The summed E-state index contributed by atoms with van der Waals surface area (Å²) >= 11 is 1.42. The summed E-state index contributed by atoms with van der Waals surface area (Å²) in [6.07, 6.45) is 5.32. The molecule has 0 N–H and O–H groups in total. The SMILES string of the molecule is C1=CC(c2cnsc2)=N[N]1. The second-order valence-corrected chi connectivity index (χ2v) is 2.49. The van der Waals surface area contributed by atoms with Crippen LogP contribution < -0.4 is 5.43 Å². The molecule has 0 saturated heterocycles. The van der Waals surface area contributed by atoms with Crippen molar-refractivity contribution in [1.82, 2.24) is 9.80 Å². The Balaban J connectivity index is 2.36. The molecule has 0 amide bonds. The number of aromatic nitrogens is 1. The van der Waals surface area contributed by atoms with Crippen molar-refractivity contribution in [3.8, 4) is 0 Å². The monoisotopic (exact) mass is 150 g/mol. The maximum Gasteiger partial charge on any atom is 0.0969 e. The summed E-state index contributed by atoms with van der Waals surface area (Å²) in [5.74, 6) is 0. The van der Waals surface area contributed by atoms with Crippen LogP contribution >= 0.6 is 11.5 Å². The van der Waals surface area contributed by atoms with Crippen LogP contribution in [0.15, 0.2) is 29.0 Å². The molecule has 2 heterocycles. The lowest BCUT2D eigenvalue weighted by atomic mass is 10.2. The number of allylic oxidation sites excluding steroid dienone is 1. The van der Waals surface area contributed by atoms with Crippen molar-refractivity contribution in [3.63, 3.8) is 0 Å². The van der Waals surface area contributed by atoms with Gasteiger partial charge in [-0.3, -0.25) is 0 Å². The minimum absolute atomic E-state index is 0.897. The van der Waals surface area contributed by atoms with Gasteiger partial charge in [-0.2, -0.15) is 10.5 Å². The van der Waals surface area contributed by atoms with Crippen molar-refractivity contribution in [2.45, 2.75) is 0 Å². The van der Waals surface area contributed by atoms with E-state index >= 15 is 0 Å². The lowest BCUT2D eigenvalue weighted by molar-refractivity contribution is 0.972. The lowest BCUT2D eigenvalue weighted by Crippen LogP contribution is -1.90. The molecule has 1 aliphatic heterocycles. The highest BCUT2D eigenvalue weighted by Gasteiger charge is 2.03. The molecule has 0 aliphatic carbocycles. The molecular weight excluding hydrogens is 146 g/mol. The van der Waals surface area contributed by atoms with Crippen molar-refractivity contribution in [3.05, 3.63) is 29.4 Å². The fraction of sp³-hybridized carbons (Fsp3) is 0. The maximum atomic E-state index is 3.95. The Morgan fingerprint density at radius 3 is 3.00 bits per heavy atom. The van der Waals surface area contributed by atoms with Gasteiger partial charge in [-0.25, -0.2) is 4.37 Å². The Labute approximate surface area is 62.2 Å². The third-order valence-electron chi connectivity index (χ3n) is 1.19. The van der Waals surface area contributed by atoms with Crippen molar-refractivity contribution in [1.29, 1.82) is 0 Å². The molecule has 1 aromatic rings. The molecule has 49 valence electrons. The molecule has 0 unspecified atom stereocenters. The van der Waals surface area contributed by atoms with Crippen molar-refractivity contribution in [2.75, 3.05) is 0 Å². The van der Waals surface area contributed by atoms with E-state index < -0.39 is 0 Å². The Hall–Kier alpha value is -1.16. The fourth-order valence-corrected chi connectivity index (χ4v) is 1.25. The average molecular weight is 150 g/mol. The largest absolute Gasteiger partial charge is 0.200 e. The Morgan fingerprint density at radius 2 is 2.40 bits per heavy atom. The van der Waals surface area contributed by atoms with Crippen LogP contribution in [0.5, 0.6) is 0 Å². The molecule has 1 radical (unpaired) electrons. The molecule has 1 aliphatic rings. The second kappa shape index (κ2) is 2.22. The predicted octanol–water partition coefficient (Wildman–Crippen LogP) is 0.979. The van der Waals surface area contributed by atoms with Crippen LogP contribution in [0.25, 0.3) is 0 Å². The molecule has 0 atom stereocenters. The van der Waals surface area contributed by atoms with Crippen LogP contribution in [0.2, 0.25) is 0 Å². The first kappa shape index (κ1) is 5.61. The summed E-state index contributed by atoms with van der Waals surface area (Å²) in [5.41, 5.74) is 5.65. The summed E-state index contributed by atoms with van der Waals surface area (Å²) < 4.78 is 3.95. The number of rotatable bonds is 1. The molecular formula is C6H4N3S. The van der Waals surface area contributed by atoms with Gasteiger partial charge in [-0.1, -0.05) is 0 Å². The highest BCUT2D eigenvalue weighted by Crippen LogP contribution is 2.06. The maximum absolute atomic E-state index is 3.95. The minimum atomic E-state index is 0.897. The minimum Gasteiger partial charge on any atom is -0.200 e. The first-order valence-electron chi connectivity index (χ1n) is 2.81. The van der Waals surface area contributed by atoms with Crippen LogP contribution in [-0.2, 0) is 0 Å². The van der Waals surface area contributed by atoms with E-state index in [0.29, 0.717) is 0 Å². The number of hydrogen-bond donors (Lipinski definition) is 0. The molecule has 10 heavy (non-hydrogen) atoms. The van der Waals surface area contributed by atoms with Crippen molar-refractivity contribution < 1.29 is 0 Å². The summed E-state index contributed by atoms with van der Waals surface area (Å²) in [6.45, 7) is 0. The van der Waals surface area contributed by atoms with E-state index in [2.05, 4.69) is 14.9 Å². The summed E-state index contributed by atoms with van der Waals surface area (Å²) in [5, 5.41) is 5.82. The summed E-state index contributed by atoms with van der Waals surface area (Å²) in [7, 11) is 0. The molecule has 3 nitrogen and oxygen atoms in total. The van der Waals surface area contributed by atoms with E-state index in [1.807, 2.05) is 11.5 Å². The zero-order valence-corrected chi connectivity index (χ0v) is 5.88. The summed E-state index contributed by atoms with van der Waals surface area (Å²) in [4.78, 5) is 0. The van der Waals surface area contributed by atoms with Crippen LogP contribution in [-0.4, -0.2) is 10.1 Å². The topological polar surface area (TPSA) is 39.4 Å². The average Bonchev–Trinajstić information content (AvgIpc) is 2.59. The molecule has 0 bridgehead atoms. The number of hydrogen-bond acceptors (Lipinski definition) is 3. The second-order valence-electron chi connectivity index (χ2n) is 1.83. The van der Waals surface area contributed by atoms with Gasteiger partial charge in [0.05, 0.1) is 18.1 Å². The molecule has 1 aromatic heterocycles. The zero-order chi connectivity index (χ0) is 6.81. The normalized spacial score (nSPS) is 15.0. The Morgan fingerprint density at radius 1 is 1.40 bits per heavy atom. The van der Waals surface area contributed by atoms with Gasteiger partial charge in [0.2, 0.25) is 0 Å². The smallest absolute Gasteiger partial charge is 0.0969 e. The van der Waals surface area contributed by atoms with E-state index in [-0.39, 0.29) is 0 Å². The van der Waals surface area contributed by atoms with Crippen LogP contribution in [0.1, 0.15) is 5.56 Å². The molecule has 2 rings (SSSR count). The van der Waals surface area contributed by atoms with Crippen molar-refractivity contribution >= 4 is 17.2 Å². The van der Waals surface area contributed by atoms with Crippen LogP contribution in [0, 0.1) is 0 Å². The van der Waals surface area contributed by atoms with Gasteiger partial charge < -0.3 is 0 Å². The third kappa shape index (κ3) is 0.823. The summed E-state index contributed by atoms with van der Waals surface area (Å²) in [6, 6.07) is 0. The van der Waals surface area contributed by atoms with Crippen molar-refractivity contribution in [2.24, 2.45) is 5.10 Å². The van der Waals surface area contributed by atoms with Gasteiger partial charge in [0.15, 0.2) is 0 Å². The fourth-order valence-electron chi connectivity index (χ4n) is 0.718. The Kier molecular flexibility index (Phi) is 1.25. The Bertz CT molecular complexity index is 273. The van der Waals surface area contributed by atoms with E-state index in [0.717, 1.165) is 11.3 Å². The molecule has 0 saturated carbocycles. The quantitative estimate of drug-likeness (QED) is 0.588. The standard InChI is InChI=1S/C6H4N3S/c1-2-7-9-6(1)5-3-8-10-4-5/h1-4H. The molecule has 4 heteroatoms. The predicted molar refractivity (Wildman–Crippen MR) is 39.9 cm³/mol. The van der Waals surface area contributed by atoms with Gasteiger partial charge in [-0.05, 0) is 17.6 Å². The van der Waals surface area contributed by atoms with Gasteiger partial charge >= 0.3 is 0 Å². The van der Waals surface area contributed by atoms with E-state index in [4.69, 9.17) is 0 Å². The number of nitrogens with zero attached hydrogens (tertiary/aromatic N) is 3. The van der Waals surface area contributed by atoms with Gasteiger partial charge in [0, 0.05) is 10.9 Å². The first-order chi connectivity index (χ1) is 4.97. The lowest BCUT2D eigenvalue weighted by Gasteiger charge is -1.85. The van der Waals surface area contributed by atoms with Crippen LogP contribution in [0.3, 0.4) is 0 Å². The zero-order valence-electron chi connectivity index (χ0n) is 5.06. The highest BCUT2D eigenvalue weighted by atomic mass is 32.1. The molecule has 0 spiro atoms. The van der Waals surface area contributed by atoms with Crippen LogP contribution in [0.4, 0.5) is 0 Å². The van der Waals surface area contributed by atoms with Gasteiger partial charge in [0.25, 0.3) is 0 Å². The van der Waals surface area contributed by atoms with Gasteiger partial charge in [-0.15, -0.1) is 0 Å². The van der Waals surface area contributed by atoms with E-state index in [9.17, 15) is 0 Å². The van der Waals surface area contributed by atoms with E-state index in [1.165, 1.54) is 11.5 Å².